The molecule has 0 N–H and O–H groups in total. The molecule has 0 saturated carbocycles. The van der Waals surface area contributed by atoms with E-state index >= 15 is 0 Å². The molecule has 4 rings (SSSR count). The number of nitrogens with zero attached hydrogens (tertiary/aromatic N) is 2. The Morgan fingerprint density at radius 3 is 1.53 bits per heavy atom. The van der Waals surface area contributed by atoms with Crippen LogP contribution < -0.4 is 9.80 Å². The van der Waals surface area contributed by atoms with Gasteiger partial charge in [-0.2, -0.15) is 0 Å². The Balaban J connectivity index is 0.000000436. The molecule has 1 fully saturated rings. The third-order valence-electron chi connectivity index (χ3n) is 7.36. The van der Waals surface area contributed by atoms with E-state index < -0.39 is 17.2 Å². The van der Waals surface area contributed by atoms with E-state index in [4.69, 9.17) is 53.1 Å². The summed E-state index contributed by atoms with van der Waals surface area (Å²) in [7, 11) is 14.8. The SMILES string of the molecule is CCCCCC[PH](Cl)(Cl)Cl.Cc1cc(C)c(N2CCN(c3c(C)cc(C)cc3C)[C]2=[Ru]([Cl])([Cl])=[CH]c2ccccc2)c(C)c1. The molecule has 43 heavy (non-hydrogen) atoms. The van der Waals surface area contributed by atoms with E-state index in [-0.39, 0.29) is 0 Å². The molecule has 1 saturated heterocycles. The molecule has 3 aromatic rings. The first kappa shape index (κ1) is 37.0. The third kappa shape index (κ3) is 10.5. The number of aryl methyl sites for hydroxylation is 6. The Hall–Kier alpha value is -0.497. The number of halogens is 5. The molecule has 0 atom stereocenters. The van der Waals surface area contributed by atoms with Crippen molar-refractivity contribution in [1.82, 2.24) is 0 Å². The van der Waals surface area contributed by atoms with E-state index in [1.807, 2.05) is 18.2 Å². The van der Waals surface area contributed by atoms with E-state index in [2.05, 4.69) is 99.3 Å². The minimum atomic E-state index is -3.44. The Morgan fingerprint density at radius 2 is 1.14 bits per heavy atom. The zero-order chi connectivity index (χ0) is 31.9. The second kappa shape index (κ2) is 16.4. The van der Waals surface area contributed by atoms with Crippen molar-refractivity contribution >= 4 is 78.8 Å². The fourth-order valence-electron chi connectivity index (χ4n) is 5.85. The normalized spacial score (nSPS) is 14.5. The van der Waals surface area contributed by atoms with Gasteiger partial charge in [-0.3, -0.25) is 0 Å². The van der Waals surface area contributed by atoms with Crippen LogP contribution in [0.15, 0.2) is 54.6 Å². The van der Waals surface area contributed by atoms with Crippen LogP contribution >= 0.6 is 58.4 Å². The predicted octanol–water partition coefficient (Wildman–Crippen LogP) is 12.0. The van der Waals surface area contributed by atoms with Crippen LogP contribution in [0, 0.1) is 41.5 Å². The van der Waals surface area contributed by atoms with Crippen LogP contribution in [0.25, 0.3) is 0 Å². The van der Waals surface area contributed by atoms with E-state index in [9.17, 15) is 0 Å². The first-order valence-electron chi connectivity index (χ1n) is 14.8. The van der Waals surface area contributed by atoms with E-state index in [0.29, 0.717) is 0 Å². The number of unbranched alkanes of at least 4 members (excludes halogenated alkanes) is 3. The second-order valence-electron chi connectivity index (χ2n) is 11.4. The van der Waals surface area contributed by atoms with Crippen LogP contribution in [0.5, 0.6) is 0 Å². The molecule has 1 aliphatic rings. The van der Waals surface area contributed by atoms with E-state index in [0.717, 1.165) is 35.6 Å². The summed E-state index contributed by atoms with van der Waals surface area (Å²) >= 11 is 13.6. The maximum atomic E-state index is 7.40. The fraction of sp³-hybridized carbons (Fsp3) is 0.412. The van der Waals surface area contributed by atoms with Gasteiger partial charge in [0, 0.05) is 0 Å². The molecule has 0 spiro atoms. The van der Waals surface area contributed by atoms with Crippen LogP contribution in [0.3, 0.4) is 0 Å². The molecular formula is C34H46Cl5N2PRu. The Bertz CT molecular complexity index is 1400. The number of hydrogen-bond donors (Lipinski definition) is 0. The molecular weight excluding hydrogens is 746 g/mol. The Labute approximate surface area is 285 Å². The van der Waals surface area contributed by atoms with Gasteiger partial charge in [-0.25, -0.2) is 0 Å². The van der Waals surface area contributed by atoms with E-state index in [1.165, 1.54) is 64.0 Å². The van der Waals surface area contributed by atoms with Crippen LogP contribution in [0.1, 0.15) is 71.6 Å². The zero-order valence-electron chi connectivity index (χ0n) is 26.4. The van der Waals surface area contributed by atoms with Crippen molar-refractivity contribution < 1.29 is 11.9 Å². The van der Waals surface area contributed by atoms with Gasteiger partial charge in [0.05, 0.1) is 0 Å². The average Bonchev–Trinajstić information content (AvgIpc) is 3.31. The number of rotatable bonds is 8. The molecule has 2 nitrogen and oxygen atoms in total. The predicted molar refractivity (Wildman–Crippen MR) is 199 cm³/mol. The van der Waals surface area contributed by atoms with Crippen LogP contribution in [-0.2, 0) is 11.9 Å². The first-order valence-corrected chi connectivity index (χ1v) is 26.4. The molecule has 0 amide bonds. The van der Waals surface area contributed by atoms with Crippen LogP contribution in [0.4, 0.5) is 11.4 Å². The molecule has 0 radical (unpaired) electrons. The molecule has 9 heteroatoms. The van der Waals surface area contributed by atoms with Crippen LogP contribution in [0.2, 0.25) is 0 Å². The first-order chi connectivity index (χ1) is 20.1. The van der Waals surface area contributed by atoms with Crippen molar-refractivity contribution in [1.29, 1.82) is 0 Å². The number of benzene rings is 3. The van der Waals surface area contributed by atoms with Gasteiger partial charge in [-0.05, 0) is 0 Å². The Kier molecular flexibility index (Phi) is 14.1. The standard InChI is InChI=1S/C21H26N2.C7H6.C6H14Cl3P.2ClH.Ru/c1-14-9-16(3)20(17(4)10-14)22-7-8-23(13-22)21-18(5)11-15(2)12-19(21)6;1-7-5-3-2-4-6-7;1-2-3-4-5-6-10(7,8)9;;;/h9-12H,7-8H2,1-6H3;1-6H;10H,2-6H2,1H3;2*1H;/q;;;;;+2/p-2. The summed E-state index contributed by atoms with van der Waals surface area (Å²) in [5.74, 6) is 0. The summed E-state index contributed by atoms with van der Waals surface area (Å²) in [6.45, 7) is 16.9. The number of hydrogen-bond acceptors (Lipinski definition) is 2. The van der Waals surface area contributed by atoms with Crippen molar-refractivity contribution in [3.05, 3.63) is 93.5 Å². The summed E-state index contributed by atoms with van der Waals surface area (Å²) in [5, 5.41) is -2.29. The molecule has 3 aromatic carbocycles. The quantitative estimate of drug-likeness (QED) is 0.127. The molecule has 0 unspecified atom stereocenters. The summed E-state index contributed by atoms with van der Waals surface area (Å²) in [6.07, 6.45) is 5.60. The maximum absolute atomic E-state index is 7.40. The summed E-state index contributed by atoms with van der Waals surface area (Å²) in [4.78, 5) is 4.79. The van der Waals surface area contributed by atoms with Crippen molar-refractivity contribution in [2.75, 3.05) is 29.1 Å². The summed E-state index contributed by atoms with van der Waals surface area (Å²) in [6, 6.07) is 19.2. The number of anilines is 2. The fourth-order valence-corrected chi connectivity index (χ4v) is 13.8. The van der Waals surface area contributed by atoms with Gasteiger partial charge in [-0.1, -0.05) is 0 Å². The summed E-state index contributed by atoms with van der Waals surface area (Å²) < 4.78 is 3.18. The van der Waals surface area contributed by atoms with Gasteiger partial charge in [-0.15, -0.1) is 0 Å². The van der Waals surface area contributed by atoms with Crippen molar-refractivity contribution in [2.45, 2.75) is 74.1 Å². The van der Waals surface area contributed by atoms with Gasteiger partial charge in [0.1, 0.15) is 0 Å². The molecule has 0 bridgehead atoms. The summed E-state index contributed by atoms with van der Waals surface area (Å²) in [5.41, 5.74) is 11.1. The van der Waals surface area contributed by atoms with Crippen molar-refractivity contribution in [2.24, 2.45) is 0 Å². The Morgan fingerprint density at radius 1 is 0.698 bits per heavy atom. The molecule has 0 aliphatic carbocycles. The van der Waals surface area contributed by atoms with Gasteiger partial charge in [0.2, 0.25) is 0 Å². The van der Waals surface area contributed by atoms with E-state index in [1.54, 1.807) is 0 Å². The third-order valence-corrected chi connectivity index (χ3v) is 15.5. The molecule has 0 aromatic heterocycles. The van der Waals surface area contributed by atoms with Crippen molar-refractivity contribution in [3.63, 3.8) is 0 Å². The monoisotopic (exact) mass is 790 g/mol. The van der Waals surface area contributed by atoms with Gasteiger partial charge < -0.3 is 0 Å². The second-order valence-corrected chi connectivity index (χ2v) is 30.0. The van der Waals surface area contributed by atoms with Gasteiger partial charge >= 0.3 is 287 Å². The van der Waals surface area contributed by atoms with Crippen LogP contribution in [-0.4, -0.2) is 28.2 Å². The average molecular weight is 792 g/mol. The minimum absolute atomic E-state index is 0.817. The van der Waals surface area contributed by atoms with Crippen molar-refractivity contribution in [3.8, 4) is 0 Å². The topological polar surface area (TPSA) is 6.48 Å². The van der Waals surface area contributed by atoms with Gasteiger partial charge in [0.25, 0.3) is 0 Å². The molecule has 1 heterocycles. The van der Waals surface area contributed by atoms with Gasteiger partial charge in [0.15, 0.2) is 0 Å². The zero-order valence-corrected chi connectivity index (χ0v) is 32.9. The molecule has 1 aliphatic heterocycles. The molecule has 240 valence electrons.